The highest BCUT2D eigenvalue weighted by atomic mass is 16.1. The lowest BCUT2D eigenvalue weighted by Gasteiger charge is -1.83. The Kier molecular flexibility index (Phi) is 1.15. The van der Waals surface area contributed by atoms with Gasteiger partial charge in [-0.25, -0.2) is 4.79 Å². The van der Waals surface area contributed by atoms with Crippen LogP contribution in [0.3, 0.4) is 0 Å². The summed E-state index contributed by atoms with van der Waals surface area (Å²) >= 11 is 0. The van der Waals surface area contributed by atoms with Gasteiger partial charge in [0.25, 0.3) is 0 Å². The molecule has 0 bridgehead atoms. The largest absolute Gasteiger partial charge is 0.411 e. The van der Waals surface area contributed by atoms with E-state index in [1.165, 1.54) is 5.56 Å². The first kappa shape index (κ1) is 6.28. The van der Waals surface area contributed by atoms with Crippen molar-refractivity contribution in [3.63, 3.8) is 0 Å². The van der Waals surface area contributed by atoms with Gasteiger partial charge >= 0.3 is 5.91 Å². The maximum atomic E-state index is 10.8. The van der Waals surface area contributed by atoms with Crippen LogP contribution in [0.1, 0.15) is 5.56 Å². The van der Waals surface area contributed by atoms with Crippen LogP contribution in [0, 0.1) is 6.92 Å². The molecule has 54 valence electrons. The predicted molar refractivity (Wildman–Crippen MR) is 40.0 cm³/mol. The summed E-state index contributed by atoms with van der Waals surface area (Å²) in [5.74, 6) is -0.0226. The fourth-order valence-electron chi connectivity index (χ4n) is 1.23. The number of fused-ring (bicyclic) bond motifs is 1. The molecular formula is C9H8NO+. The van der Waals surface area contributed by atoms with E-state index in [1.807, 2.05) is 25.1 Å². The van der Waals surface area contributed by atoms with Gasteiger partial charge < -0.3 is 0 Å². The second kappa shape index (κ2) is 2.02. The molecule has 0 unspecified atom stereocenters. The highest BCUT2D eigenvalue weighted by Crippen LogP contribution is 1.85. The van der Waals surface area contributed by atoms with Crippen LogP contribution in [0.25, 0.3) is 6.08 Å². The molecule has 1 N–H and O–H groups in total. The van der Waals surface area contributed by atoms with Crippen LogP contribution in [0.2, 0.25) is 0 Å². The summed E-state index contributed by atoms with van der Waals surface area (Å²) in [4.78, 5) is 13.6. The Morgan fingerprint density at radius 1 is 1.36 bits per heavy atom. The molecule has 2 nitrogen and oxygen atoms in total. The van der Waals surface area contributed by atoms with E-state index in [1.54, 1.807) is 6.08 Å². The van der Waals surface area contributed by atoms with Crippen LogP contribution in [0.15, 0.2) is 18.2 Å². The molecule has 2 heteroatoms. The standard InChI is InChI=1S/C9H7NO/c1-6-2-3-8-7(4-6)5-9(11)10-8/h2-5H,1H3/p+1. The van der Waals surface area contributed by atoms with Crippen LogP contribution in [0.4, 0.5) is 0 Å². The number of amides is 1. The predicted octanol–water partition coefficient (Wildman–Crippen LogP) is -1.98. The van der Waals surface area contributed by atoms with Crippen LogP contribution < -0.4 is 15.6 Å². The first-order valence-electron chi connectivity index (χ1n) is 3.52. The Bertz CT molecular complexity index is 431. The van der Waals surface area contributed by atoms with Gasteiger partial charge in [-0.05, 0) is 13.0 Å². The monoisotopic (exact) mass is 146 g/mol. The zero-order valence-electron chi connectivity index (χ0n) is 6.22. The van der Waals surface area contributed by atoms with Gasteiger partial charge in [0.05, 0.1) is 11.3 Å². The number of carbonyl (C=O) groups is 1. The van der Waals surface area contributed by atoms with Gasteiger partial charge in [0, 0.05) is 6.07 Å². The summed E-state index contributed by atoms with van der Waals surface area (Å²) in [6.45, 7) is 2.01. The summed E-state index contributed by atoms with van der Waals surface area (Å²) < 4.78 is 0. The molecule has 0 radical (unpaired) electrons. The Hall–Kier alpha value is -1.44. The molecule has 1 heterocycles. The van der Waals surface area contributed by atoms with E-state index in [-0.39, 0.29) is 5.91 Å². The molecule has 0 aromatic heterocycles. The van der Waals surface area contributed by atoms with Gasteiger partial charge in [-0.2, -0.15) is 4.99 Å². The zero-order chi connectivity index (χ0) is 7.84. The van der Waals surface area contributed by atoms with Crippen molar-refractivity contribution in [2.75, 3.05) is 0 Å². The van der Waals surface area contributed by atoms with Crippen molar-refractivity contribution in [3.05, 3.63) is 34.3 Å². The average molecular weight is 146 g/mol. The topological polar surface area (TPSA) is 31.0 Å². The van der Waals surface area contributed by atoms with Crippen molar-refractivity contribution in [2.45, 2.75) is 6.92 Å². The van der Waals surface area contributed by atoms with Gasteiger partial charge in [0.2, 0.25) is 5.36 Å². The number of benzene rings is 1. The third kappa shape index (κ3) is 0.963. The minimum absolute atomic E-state index is 0.0226. The molecule has 1 aliphatic heterocycles. The van der Waals surface area contributed by atoms with Crippen LogP contribution in [-0.2, 0) is 4.79 Å². The van der Waals surface area contributed by atoms with Crippen molar-refractivity contribution >= 4 is 12.0 Å². The van der Waals surface area contributed by atoms with Gasteiger partial charge in [-0.1, -0.05) is 11.6 Å². The molecule has 0 fully saturated rings. The van der Waals surface area contributed by atoms with Gasteiger partial charge in [0.1, 0.15) is 0 Å². The number of aryl methyl sites for hydroxylation is 1. The second-order valence-corrected chi connectivity index (χ2v) is 2.72. The van der Waals surface area contributed by atoms with Crippen molar-refractivity contribution in [1.82, 2.24) is 0 Å². The van der Waals surface area contributed by atoms with Gasteiger partial charge in [0.15, 0.2) is 0 Å². The Balaban J connectivity index is 2.89. The summed E-state index contributed by atoms with van der Waals surface area (Å²) in [6.07, 6.45) is 1.61. The lowest BCUT2D eigenvalue weighted by atomic mass is 10.2. The van der Waals surface area contributed by atoms with E-state index in [4.69, 9.17) is 0 Å². The molecule has 0 aliphatic carbocycles. The van der Waals surface area contributed by atoms with Crippen molar-refractivity contribution in [2.24, 2.45) is 0 Å². The first-order valence-corrected chi connectivity index (χ1v) is 3.52. The number of nitrogens with one attached hydrogen (secondary N) is 1. The minimum atomic E-state index is -0.0226. The third-order valence-corrected chi connectivity index (χ3v) is 1.75. The van der Waals surface area contributed by atoms with Crippen LogP contribution in [0.5, 0.6) is 0 Å². The molecule has 0 spiro atoms. The lowest BCUT2D eigenvalue weighted by molar-refractivity contribution is -0.406. The fourth-order valence-corrected chi connectivity index (χ4v) is 1.23. The molecule has 0 saturated carbocycles. The minimum Gasteiger partial charge on any atom is -0.215 e. The van der Waals surface area contributed by atoms with Crippen molar-refractivity contribution < 1.29 is 9.79 Å². The summed E-state index contributed by atoms with van der Waals surface area (Å²) in [5.41, 5.74) is 1.18. The molecule has 1 aliphatic rings. The number of carbonyl (C=O) groups excluding carboxylic acids is 1. The van der Waals surface area contributed by atoms with Crippen LogP contribution >= 0.6 is 0 Å². The molecule has 1 amide bonds. The Labute approximate surface area is 63.9 Å². The summed E-state index contributed by atoms with van der Waals surface area (Å²) in [5, 5.41) is 1.91. The molecule has 1 aromatic carbocycles. The highest BCUT2D eigenvalue weighted by Gasteiger charge is 2.09. The number of hydrogen-bond acceptors (Lipinski definition) is 1. The zero-order valence-corrected chi connectivity index (χ0v) is 6.22. The quantitative estimate of drug-likeness (QED) is 0.451. The number of hydrogen-bond donors (Lipinski definition) is 1. The molecular weight excluding hydrogens is 138 g/mol. The maximum absolute atomic E-state index is 10.8. The summed E-state index contributed by atoms with van der Waals surface area (Å²) in [6, 6.07) is 5.90. The summed E-state index contributed by atoms with van der Waals surface area (Å²) in [7, 11) is 0. The number of rotatable bonds is 0. The van der Waals surface area contributed by atoms with E-state index in [0.717, 1.165) is 10.6 Å². The van der Waals surface area contributed by atoms with Crippen molar-refractivity contribution in [3.8, 4) is 0 Å². The molecule has 11 heavy (non-hydrogen) atoms. The SMILES string of the molecule is Cc1ccc2c(c1)=CC(=O)[NH+]=2. The molecule has 2 rings (SSSR count). The van der Waals surface area contributed by atoms with E-state index >= 15 is 0 Å². The Morgan fingerprint density at radius 2 is 2.18 bits per heavy atom. The van der Waals surface area contributed by atoms with Crippen LogP contribution in [-0.4, -0.2) is 5.91 Å². The van der Waals surface area contributed by atoms with Crippen molar-refractivity contribution in [1.29, 1.82) is 0 Å². The molecule has 0 saturated heterocycles. The molecule has 1 aromatic rings. The fraction of sp³-hybridized carbons (Fsp3) is 0.111. The normalized spacial score (nSPS) is 13.7. The van der Waals surface area contributed by atoms with E-state index in [0.29, 0.717) is 0 Å². The van der Waals surface area contributed by atoms with Gasteiger partial charge in [-0.3, -0.25) is 0 Å². The maximum Gasteiger partial charge on any atom is 0.411 e. The van der Waals surface area contributed by atoms with E-state index in [2.05, 4.69) is 4.99 Å². The third-order valence-electron chi connectivity index (χ3n) is 1.75. The van der Waals surface area contributed by atoms with E-state index in [9.17, 15) is 4.79 Å². The smallest absolute Gasteiger partial charge is 0.215 e. The van der Waals surface area contributed by atoms with Gasteiger partial charge in [-0.15, -0.1) is 0 Å². The first-order chi connectivity index (χ1) is 5.25. The van der Waals surface area contributed by atoms with E-state index < -0.39 is 0 Å². The second-order valence-electron chi connectivity index (χ2n) is 2.72. The highest BCUT2D eigenvalue weighted by molar-refractivity contribution is 5.97. The Morgan fingerprint density at radius 3 is 3.00 bits per heavy atom. The average Bonchev–Trinajstić information content (AvgIpc) is 2.27. The molecule has 0 atom stereocenters. The lowest BCUT2D eigenvalue weighted by Crippen LogP contribution is -2.79.